The van der Waals surface area contributed by atoms with Crippen LogP contribution in [0, 0.1) is 13.8 Å². The van der Waals surface area contributed by atoms with E-state index >= 15 is 0 Å². The molecule has 0 aromatic heterocycles. The van der Waals surface area contributed by atoms with Crippen LogP contribution in [0.25, 0.3) is 0 Å². The van der Waals surface area contributed by atoms with Crippen molar-refractivity contribution in [3.8, 4) is 11.5 Å². The van der Waals surface area contributed by atoms with Gasteiger partial charge in [0.25, 0.3) is 0 Å². The van der Waals surface area contributed by atoms with Crippen molar-refractivity contribution in [3.05, 3.63) is 23.3 Å². The zero-order valence-corrected chi connectivity index (χ0v) is 10.9. The number of rotatable bonds is 3. The Bertz CT molecular complexity index is 361. The first kappa shape index (κ1) is 12.2. The summed E-state index contributed by atoms with van der Waals surface area (Å²) in [6.07, 6.45) is 2.63. The molecule has 0 spiro atoms. The standard InChI is InChI=1S/C14H21NO2/c1-10-7-13(8-11(2)14(10)16-3)17-12-5-4-6-15-9-12/h7-8,12,15H,4-6,9H2,1-3H3. The summed E-state index contributed by atoms with van der Waals surface area (Å²) in [7, 11) is 1.71. The molecule has 2 rings (SSSR count). The molecule has 0 aliphatic carbocycles. The minimum atomic E-state index is 0.302. The van der Waals surface area contributed by atoms with Crippen molar-refractivity contribution in [1.82, 2.24) is 5.32 Å². The van der Waals surface area contributed by atoms with Gasteiger partial charge in [-0.3, -0.25) is 0 Å². The van der Waals surface area contributed by atoms with E-state index in [0.29, 0.717) is 6.10 Å². The highest BCUT2D eigenvalue weighted by Crippen LogP contribution is 2.29. The molecule has 0 bridgehead atoms. The van der Waals surface area contributed by atoms with E-state index in [1.54, 1.807) is 7.11 Å². The molecule has 3 heteroatoms. The molecular formula is C14H21NO2. The van der Waals surface area contributed by atoms with Gasteiger partial charge in [-0.2, -0.15) is 0 Å². The van der Waals surface area contributed by atoms with Gasteiger partial charge in [-0.25, -0.2) is 0 Å². The summed E-state index contributed by atoms with van der Waals surface area (Å²) in [5.74, 6) is 1.91. The molecule has 17 heavy (non-hydrogen) atoms. The predicted octanol–water partition coefficient (Wildman–Crippen LogP) is 2.44. The second-order valence-electron chi connectivity index (χ2n) is 4.68. The number of hydrogen-bond acceptors (Lipinski definition) is 3. The van der Waals surface area contributed by atoms with Gasteiger partial charge in [0.2, 0.25) is 0 Å². The summed E-state index contributed by atoms with van der Waals surface area (Å²) in [4.78, 5) is 0. The second kappa shape index (κ2) is 5.41. The van der Waals surface area contributed by atoms with Crippen molar-refractivity contribution in [2.45, 2.75) is 32.8 Å². The molecule has 1 unspecified atom stereocenters. The van der Waals surface area contributed by atoms with Gasteiger partial charge in [-0.15, -0.1) is 0 Å². The average Bonchev–Trinajstić information content (AvgIpc) is 2.30. The van der Waals surface area contributed by atoms with Crippen LogP contribution in [0.3, 0.4) is 0 Å². The van der Waals surface area contributed by atoms with Crippen LogP contribution in [0.2, 0.25) is 0 Å². The van der Waals surface area contributed by atoms with Crippen LogP contribution < -0.4 is 14.8 Å². The van der Waals surface area contributed by atoms with E-state index in [0.717, 1.165) is 42.1 Å². The van der Waals surface area contributed by atoms with Crippen molar-refractivity contribution in [2.75, 3.05) is 20.2 Å². The van der Waals surface area contributed by atoms with Crippen LogP contribution in [0.5, 0.6) is 11.5 Å². The van der Waals surface area contributed by atoms with Crippen LogP contribution in [0.15, 0.2) is 12.1 Å². The second-order valence-corrected chi connectivity index (χ2v) is 4.68. The number of aryl methyl sites for hydroxylation is 2. The monoisotopic (exact) mass is 235 g/mol. The highest BCUT2D eigenvalue weighted by Gasteiger charge is 2.15. The van der Waals surface area contributed by atoms with Gasteiger partial charge in [0, 0.05) is 6.54 Å². The molecule has 0 saturated carbocycles. The largest absolute Gasteiger partial charge is 0.496 e. The molecule has 1 aliphatic heterocycles. The fraction of sp³-hybridized carbons (Fsp3) is 0.571. The molecule has 0 amide bonds. The first-order valence-corrected chi connectivity index (χ1v) is 6.23. The lowest BCUT2D eigenvalue weighted by atomic mass is 10.1. The van der Waals surface area contributed by atoms with Crippen LogP contribution >= 0.6 is 0 Å². The minimum Gasteiger partial charge on any atom is -0.496 e. The predicted molar refractivity (Wildman–Crippen MR) is 69.0 cm³/mol. The molecule has 1 heterocycles. The van der Waals surface area contributed by atoms with E-state index in [1.165, 1.54) is 6.42 Å². The normalized spacial score (nSPS) is 20.1. The van der Waals surface area contributed by atoms with E-state index in [2.05, 4.69) is 31.3 Å². The Kier molecular flexibility index (Phi) is 3.89. The van der Waals surface area contributed by atoms with Crippen LogP contribution in [-0.4, -0.2) is 26.3 Å². The number of hydrogen-bond donors (Lipinski definition) is 1. The Balaban J connectivity index is 2.10. The maximum atomic E-state index is 6.00. The number of methoxy groups -OCH3 is 1. The lowest BCUT2D eigenvalue weighted by Crippen LogP contribution is -2.37. The number of nitrogens with one attached hydrogen (secondary N) is 1. The third-order valence-corrected chi connectivity index (χ3v) is 3.19. The zero-order valence-electron chi connectivity index (χ0n) is 10.9. The molecule has 1 aromatic rings. The summed E-state index contributed by atoms with van der Waals surface area (Å²) in [6.45, 7) is 6.17. The number of ether oxygens (including phenoxy) is 2. The summed E-state index contributed by atoms with van der Waals surface area (Å²) in [6, 6.07) is 4.11. The van der Waals surface area contributed by atoms with Gasteiger partial charge < -0.3 is 14.8 Å². The Morgan fingerprint density at radius 1 is 1.24 bits per heavy atom. The third kappa shape index (κ3) is 2.91. The maximum absolute atomic E-state index is 6.00. The Morgan fingerprint density at radius 2 is 1.94 bits per heavy atom. The fourth-order valence-corrected chi connectivity index (χ4v) is 2.41. The molecule has 0 radical (unpaired) electrons. The molecular weight excluding hydrogens is 214 g/mol. The number of piperidine rings is 1. The van der Waals surface area contributed by atoms with E-state index in [-0.39, 0.29) is 0 Å². The SMILES string of the molecule is COc1c(C)cc(OC2CCCNC2)cc1C. The molecule has 1 fully saturated rings. The van der Waals surface area contributed by atoms with Crippen molar-refractivity contribution in [2.24, 2.45) is 0 Å². The van der Waals surface area contributed by atoms with Gasteiger partial charge in [-0.05, 0) is 56.5 Å². The number of benzene rings is 1. The van der Waals surface area contributed by atoms with Crippen molar-refractivity contribution in [3.63, 3.8) is 0 Å². The summed E-state index contributed by atoms with van der Waals surface area (Å²) < 4.78 is 11.4. The van der Waals surface area contributed by atoms with E-state index < -0.39 is 0 Å². The van der Waals surface area contributed by atoms with Gasteiger partial charge in [-0.1, -0.05) is 0 Å². The van der Waals surface area contributed by atoms with E-state index in [4.69, 9.17) is 9.47 Å². The molecule has 94 valence electrons. The van der Waals surface area contributed by atoms with Gasteiger partial charge >= 0.3 is 0 Å². The minimum absolute atomic E-state index is 0.302. The average molecular weight is 235 g/mol. The highest BCUT2D eigenvalue weighted by molar-refractivity contribution is 5.45. The Morgan fingerprint density at radius 3 is 2.47 bits per heavy atom. The summed E-state index contributed by atoms with van der Waals surface area (Å²) >= 11 is 0. The molecule has 1 aromatic carbocycles. The first-order chi connectivity index (χ1) is 8.20. The van der Waals surface area contributed by atoms with Crippen molar-refractivity contribution in [1.29, 1.82) is 0 Å². The van der Waals surface area contributed by atoms with Crippen LogP contribution in [0.1, 0.15) is 24.0 Å². The molecule has 3 nitrogen and oxygen atoms in total. The van der Waals surface area contributed by atoms with Crippen molar-refractivity contribution >= 4 is 0 Å². The Labute approximate surface area is 103 Å². The lowest BCUT2D eigenvalue weighted by molar-refractivity contribution is 0.167. The van der Waals surface area contributed by atoms with Gasteiger partial charge in [0.1, 0.15) is 17.6 Å². The summed E-state index contributed by atoms with van der Waals surface area (Å²) in [5, 5.41) is 3.36. The summed E-state index contributed by atoms with van der Waals surface area (Å²) in [5.41, 5.74) is 2.26. The fourth-order valence-electron chi connectivity index (χ4n) is 2.41. The lowest BCUT2D eigenvalue weighted by Gasteiger charge is -2.24. The molecule has 1 saturated heterocycles. The van der Waals surface area contributed by atoms with Gasteiger partial charge in [0.05, 0.1) is 7.11 Å². The molecule has 1 N–H and O–H groups in total. The Hall–Kier alpha value is -1.22. The highest BCUT2D eigenvalue weighted by atomic mass is 16.5. The molecule has 1 aliphatic rings. The van der Waals surface area contributed by atoms with Crippen LogP contribution in [0.4, 0.5) is 0 Å². The molecule has 1 atom stereocenters. The van der Waals surface area contributed by atoms with E-state index in [9.17, 15) is 0 Å². The first-order valence-electron chi connectivity index (χ1n) is 6.23. The quantitative estimate of drug-likeness (QED) is 0.873. The zero-order chi connectivity index (χ0) is 12.3. The van der Waals surface area contributed by atoms with Gasteiger partial charge in [0.15, 0.2) is 0 Å². The smallest absolute Gasteiger partial charge is 0.124 e. The maximum Gasteiger partial charge on any atom is 0.124 e. The van der Waals surface area contributed by atoms with Crippen LogP contribution in [-0.2, 0) is 0 Å². The van der Waals surface area contributed by atoms with E-state index in [1.807, 2.05) is 0 Å². The van der Waals surface area contributed by atoms with Crippen molar-refractivity contribution < 1.29 is 9.47 Å². The third-order valence-electron chi connectivity index (χ3n) is 3.19. The topological polar surface area (TPSA) is 30.5 Å².